The predicted octanol–water partition coefficient (Wildman–Crippen LogP) is 4.59. The summed E-state index contributed by atoms with van der Waals surface area (Å²) in [6.07, 6.45) is 1.88. The lowest BCUT2D eigenvalue weighted by Crippen LogP contribution is -2.12. The Bertz CT molecular complexity index is 742. The van der Waals surface area contributed by atoms with Gasteiger partial charge < -0.3 is 5.73 Å². The smallest absolute Gasteiger partial charge is 0.104 e. The summed E-state index contributed by atoms with van der Waals surface area (Å²) in [7, 11) is 0. The molecule has 0 saturated carbocycles. The summed E-state index contributed by atoms with van der Waals surface area (Å²) in [6, 6.07) is 22.4. The van der Waals surface area contributed by atoms with E-state index in [2.05, 4.69) is 30.1 Å². The van der Waals surface area contributed by atoms with Crippen molar-refractivity contribution in [1.82, 2.24) is 4.98 Å². The molecule has 0 aliphatic heterocycles. The molecule has 2 aromatic carbocycles. The molecule has 0 saturated heterocycles. The van der Waals surface area contributed by atoms with E-state index in [-0.39, 0.29) is 6.04 Å². The molecule has 0 radical (unpaired) electrons. The minimum atomic E-state index is -0.136. The number of nitrogens with zero attached hydrogens (tertiary/aromatic N) is 1. The molecule has 3 aromatic rings. The first-order valence-electron chi connectivity index (χ1n) is 7.24. The van der Waals surface area contributed by atoms with E-state index >= 15 is 0 Å². The first-order valence-corrected chi connectivity index (χ1v) is 8.05. The van der Waals surface area contributed by atoms with E-state index in [9.17, 15) is 0 Å². The Hall–Kier alpha value is -2.10. The van der Waals surface area contributed by atoms with E-state index in [1.165, 1.54) is 4.90 Å². The topological polar surface area (TPSA) is 38.9 Å². The van der Waals surface area contributed by atoms with Crippen molar-refractivity contribution in [2.24, 2.45) is 5.73 Å². The molecule has 0 amide bonds. The maximum atomic E-state index is 6.34. The van der Waals surface area contributed by atoms with Gasteiger partial charge in [-0.2, -0.15) is 0 Å². The summed E-state index contributed by atoms with van der Waals surface area (Å²) >= 11 is 1.68. The van der Waals surface area contributed by atoms with Gasteiger partial charge in [0.05, 0.1) is 6.04 Å². The van der Waals surface area contributed by atoms with E-state index in [1.54, 1.807) is 11.8 Å². The van der Waals surface area contributed by atoms with E-state index in [1.807, 2.05) is 54.7 Å². The largest absolute Gasteiger partial charge is 0.320 e. The highest BCUT2D eigenvalue weighted by atomic mass is 32.2. The molecule has 0 bridgehead atoms. The molecule has 1 atom stereocenters. The Morgan fingerprint density at radius 2 is 1.55 bits per heavy atom. The Labute approximate surface area is 135 Å². The van der Waals surface area contributed by atoms with Crippen molar-refractivity contribution >= 4 is 11.8 Å². The van der Waals surface area contributed by atoms with Crippen LogP contribution in [0, 0.1) is 6.92 Å². The summed E-state index contributed by atoms with van der Waals surface area (Å²) < 4.78 is 0. The quantitative estimate of drug-likeness (QED) is 0.766. The number of pyridine rings is 1. The van der Waals surface area contributed by atoms with Gasteiger partial charge in [0, 0.05) is 11.1 Å². The number of hydrogen-bond acceptors (Lipinski definition) is 3. The third-order valence-corrected chi connectivity index (χ3v) is 4.66. The molecule has 0 aliphatic rings. The zero-order valence-corrected chi connectivity index (χ0v) is 13.3. The third kappa shape index (κ3) is 3.38. The highest BCUT2D eigenvalue weighted by molar-refractivity contribution is 7.99. The number of benzene rings is 2. The van der Waals surface area contributed by atoms with Crippen LogP contribution in [0.15, 0.2) is 82.8 Å². The molecule has 0 spiro atoms. The highest BCUT2D eigenvalue weighted by Crippen LogP contribution is 2.30. The van der Waals surface area contributed by atoms with E-state index in [0.29, 0.717) is 0 Å². The molecular formula is C19H18N2S. The summed E-state index contributed by atoms with van der Waals surface area (Å²) in [4.78, 5) is 5.80. The monoisotopic (exact) mass is 306 g/mol. The number of rotatable bonds is 4. The molecule has 0 unspecified atom stereocenters. The molecule has 2 N–H and O–H groups in total. The summed E-state index contributed by atoms with van der Waals surface area (Å²) in [5.74, 6) is 0. The average Bonchev–Trinajstić information content (AvgIpc) is 2.58. The molecule has 110 valence electrons. The maximum Gasteiger partial charge on any atom is 0.104 e. The van der Waals surface area contributed by atoms with Gasteiger partial charge in [-0.3, -0.25) is 0 Å². The van der Waals surface area contributed by atoms with Crippen molar-refractivity contribution in [2.45, 2.75) is 22.9 Å². The van der Waals surface area contributed by atoms with Crippen molar-refractivity contribution in [3.63, 3.8) is 0 Å². The van der Waals surface area contributed by atoms with Crippen LogP contribution in [0.4, 0.5) is 0 Å². The van der Waals surface area contributed by atoms with Crippen LogP contribution in [0.3, 0.4) is 0 Å². The number of nitrogens with two attached hydrogens (primary N) is 1. The molecule has 3 heteroatoms. The van der Waals surface area contributed by atoms with Crippen LogP contribution in [0.2, 0.25) is 0 Å². The molecule has 0 fully saturated rings. The lowest BCUT2D eigenvalue weighted by molar-refractivity contribution is 0.850. The zero-order chi connectivity index (χ0) is 15.4. The van der Waals surface area contributed by atoms with Crippen molar-refractivity contribution < 1.29 is 0 Å². The molecule has 1 aromatic heterocycles. The molecule has 3 rings (SSSR count). The number of aromatic nitrogens is 1. The van der Waals surface area contributed by atoms with Gasteiger partial charge in [0.15, 0.2) is 0 Å². The average molecular weight is 306 g/mol. The van der Waals surface area contributed by atoms with Gasteiger partial charge in [-0.1, -0.05) is 60.3 Å². The lowest BCUT2D eigenvalue weighted by Gasteiger charge is -2.14. The minimum absolute atomic E-state index is 0.136. The van der Waals surface area contributed by atoms with Gasteiger partial charge in [0.1, 0.15) is 5.03 Å². The maximum absolute atomic E-state index is 6.34. The lowest BCUT2D eigenvalue weighted by atomic mass is 10.0. The molecule has 2 nitrogen and oxygen atoms in total. The summed E-state index contributed by atoms with van der Waals surface area (Å²) in [6.45, 7) is 2.08. The van der Waals surface area contributed by atoms with Crippen molar-refractivity contribution in [2.75, 3.05) is 0 Å². The van der Waals surface area contributed by atoms with Gasteiger partial charge in [-0.25, -0.2) is 4.98 Å². The first-order chi connectivity index (χ1) is 10.7. The number of hydrogen-bond donors (Lipinski definition) is 1. The van der Waals surface area contributed by atoms with Gasteiger partial charge in [-0.05, 0) is 41.8 Å². The standard InChI is InChI=1S/C19H18N2S/c1-14-12-16(18(20)15-8-4-2-5-9-15)13-21-19(14)22-17-10-6-3-7-11-17/h2-13,18H,20H2,1H3/t18-/m1/s1. The second-order valence-corrected chi connectivity index (χ2v) is 6.26. The van der Waals surface area contributed by atoms with Crippen LogP contribution < -0.4 is 5.73 Å². The molecular weight excluding hydrogens is 288 g/mol. The SMILES string of the molecule is Cc1cc([C@H](N)c2ccccc2)cnc1Sc1ccccc1. The summed E-state index contributed by atoms with van der Waals surface area (Å²) in [5.41, 5.74) is 9.64. The van der Waals surface area contributed by atoms with Crippen LogP contribution in [-0.2, 0) is 0 Å². The van der Waals surface area contributed by atoms with Gasteiger partial charge in [-0.15, -0.1) is 0 Å². The molecule has 22 heavy (non-hydrogen) atoms. The fraction of sp³-hybridized carbons (Fsp3) is 0.105. The highest BCUT2D eigenvalue weighted by Gasteiger charge is 2.11. The van der Waals surface area contributed by atoms with E-state index < -0.39 is 0 Å². The second kappa shape index (κ2) is 6.77. The fourth-order valence-electron chi connectivity index (χ4n) is 2.31. The second-order valence-electron chi connectivity index (χ2n) is 5.19. The van der Waals surface area contributed by atoms with Crippen molar-refractivity contribution in [3.8, 4) is 0 Å². The normalized spacial score (nSPS) is 12.1. The van der Waals surface area contributed by atoms with E-state index in [4.69, 9.17) is 5.73 Å². The number of aryl methyl sites for hydroxylation is 1. The van der Waals surface area contributed by atoms with Crippen molar-refractivity contribution in [3.05, 3.63) is 89.6 Å². The Morgan fingerprint density at radius 1 is 0.909 bits per heavy atom. The van der Waals surface area contributed by atoms with E-state index in [0.717, 1.165) is 21.7 Å². The Balaban J connectivity index is 1.83. The van der Waals surface area contributed by atoms with Crippen LogP contribution in [0.1, 0.15) is 22.7 Å². The Morgan fingerprint density at radius 3 is 2.18 bits per heavy atom. The minimum Gasteiger partial charge on any atom is -0.320 e. The summed E-state index contributed by atoms with van der Waals surface area (Å²) in [5, 5.41) is 1.02. The van der Waals surface area contributed by atoms with Gasteiger partial charge in [0.2, 0.25) is 0 Å². The zero-order valence-electron chi connectivity index (χ0n) is 12.4. The van der Waals surface area contributed by atoms with Gasteiger partial charge in [0.25, 0.3) is 0 Å². The fourth-order valence-corrected chi connectivity index (χ4v) is 3.16. The Kier molecular flexibility index (Phi) is 4.56. The molecule has 1 heterocycles. The van der Waals surface area contributed by atoms with Crippen LogP contribution >= 0.6 is 11.8 Å². The van der Waals surface area contributed by atoms with Crippen LogP contribution in [-0.4, -0.2) is 4.98 Å². The third-order valence-electron chi connectivity index (χ3n) is 3.53. The molecule has 0 aliphatic carbocycles. The first kappa shape index (κ1) is 14.8. The van der Waals surface area contributed by atoms with Crippen LogP contribution in [0.25, 0.3) is 0 Å². The predicted molar refractivity (Wildman–Crippen MR) is 92.0 cm³/mol. The van der Waals surface area contributed by atoms with Crippen molar-refractivity contribution in [1.29, 1.82) is 0 Å². The van der Waals surface area contributed by atoms with Crippen LogP contribution in [0.5, 0.6) is 0 Å². The van der Waals surface area contributed by atoms with Gasteiger partial charge >= 0.3 is 0 Å².